The number of halogens is 1. The highest BCUT2D eigenvalue weighted by Gasteiger charge is 1.96. The van der Waals surface area contributed by atoms with E-state index in [9.17, 15) is 0 Å². The highest BCUT2D eigenvalue weighted by Crippen LogP contribution is 2.03. The number of rotatable bonds is 0. The zero-order chi connectivity index (χ0) is 6.15. The lowest BCUT2D eigenvalue weighted by molar-refractivity contribution is 1.07. The second kappa shape index (κ2) is 1.77. The molecule has 0 aliphatic carbocycles. The summed E-state index contributed by atoms with van der Waals surface area (Å²) in [4.78, 5) is 3.61. The van der Waals surface area contributed by atoms with Gasteiger partial charge in [-0.2, -0.15) is 7.88 Å². The van der Waals surface area contributed by atoms with Crippen LogP contribution in [0.1, 0.15) is 0 Å². The molecule has 1 heterocycles. The van der Waals surface area contributed by atoms with Gasteiger partial charge in [0, 0.05) is 0 Å². The number of anilines is 2. The molecule has 0 bridgehead atoms. The second-order valence-corrected chi connectivity index (χ2v) is 2.10. The van der Waals surface area contributed by atoms with Crippen LogP contribution in [0.25, 0.3) is 0 Å². The van der Waals surface area contributed by atoms with Crippen LogP contribution < -0.4 is 11.5 Å². The van der Waals surface area contributed by atoms with Crippen LogP contribution in [0.3, 0.4) is 0 Å². The van der Waals surface area contributed by atoms with E-state index in [0.717, 1.165) is 0 Å². The molecule has 0 saturated carbocycles. The van der Waals surface area contributed by atoms with Crippen molar-refractivity contribution in [2.45, 2.75) is 0 Å². The Morgan fingerprint density at radius 2 is 2.12 bits per heavy atom. The average molecular weight is 225 g/mol. The molecule has 0 atom stereocenters. The molecule has 0 unspecified atom stereocenters. The number of nitrogen functional groups attached to an aromatic ring is 2. The van der Waals surface area contributed by atoms with Crippen molar-refractivity contribution in [3.05, 3.63) is 0 Å². The molecule has 44 valence electrons. The SMILES string of the molecule is Nc1nc(N)n(I)n1. The number of nitrogens with zero attached hydrogens (tertiary/aromatic N) is 3. The minimum absolute atomic E-state index is 0.205. The first-order valence-corrected chi connectivity index (χ1v) is 2.81. The smallest absolute Gasteiger partial charge is 0.242 e. The quantitative estimate of drug-likeness (QED) is 0.590. The molecule has 5 nitrogen and oxygen atoms in total. The highest BCUT2D eigenvalue weighted by molar-refractivity contribution is 14.1. The van der Waals surface area contributed by atoms with Crippen LogP contribution in [0.2, 0.25) is 0 Å². The zero-order valence-electron chi connectivity index (χ0n) is 3.87. The van der Waals surface area contributed by atoms with Crippen LogP contribution in [0.4, 0.5) is 11.9 Å². The van der Waals surface area contributed by atoms with Gasteiger partial charge >= 0.3 is 0 Å². The number of hydrogen-bond acceptors (Lipinski definition) is 4. The summed E-state index contributed by atoms with van der Waals surface area (Å²) >= 11 is 1.88. The van der Waals surface area contributed by atoms with Crippen molar-refractivity contribution in [1.29, 1.82) is 0 Å². The Kier molecular flexibility index (Phi) is 1.24. The predicted molar refractivity (Wildman–Crippen MR) is 38.3 cm³/mol. The first-order chi connectivity index (χ1) is 3.70. The lowest BCUT2D eigenvalue weighted by Gasteiger charge is -1.81. The summed E-state index contributed by atoms with van der Waals surface area (Å²) in [6.07, 6.45) is 0. The minimum Gasteiger partial charge on any atom is -0.367 e. The summed E-state index contributed by atoms with van der Waals surface area (Å²) in [7, 11) is 0. The topological polar surface area (TPSA) is 82.7 Å². The molecule has 0 saturated heterocycles. The van der Waals surface area contributed by atoms with E-state index in [2.05, 4.69) is 10.1 Å². The van der Waals surface area contributed by atoms with E-state index in [1.54, 1.807) is 0 Å². The summed E-state index contributed by atoms with van der Waals surface area (Å²) < 4.78 is 1.38. The molecule has 0 radical (unpaired) electrons. The zero-order valence-corrected chi connectivity index (χ0v) is 6.03. The van der Waals surface area contributed by atoms with Crippen molar-refractivity contribution >= 4 is 34.8 Å². The second-order valence-electron chi connectivity index (χ2n) is 1.19. The van der Waals surface area contributed by atoms with E-state index in [1.807, 2.05) is 22.9 Å². The van der Waals surface area contributed by atoms with Crippen molar-refractivity contribution in [2.24, 2.45) is 0 Å². The molecule has 0 aliphatic heterocycles. The van der Waals surface area contributed by atoms with E-state index in [4.69, 9.17) is 11.5 Å². The van der Waals surface area contributed by atoms with Gasteiger partial charge in [0.15, 0.2) is 0 Å². The molecule has 1 aromatic heterocycles. The van der Waals surface area contributed by atoms with Gasteiger partial charge in [0.05, 0.1) is 22.9 Å². The molecule has 0 spiro atoms. The van der Waals surface area contributed by atoms with Crippen LogP contribution in [0, 0.1) is 0 Å². The van der Waals surface area contributed by atoms with Gasteiger partial charge in [0.1, 0.15) is 0 Å². The number of nitrogens with two attached hydrogens (primary N) is 2. The molecular weight excluding hydrogens is 221 g/mol. The summed E-state index contributed by atoms with van der Waals surface area (Å²) in [6, 6.07) is 0. The van der Waals surface area contributed by atoms with Gasteiger partial charge in [-0.1, -0.05) is 0 Å². The van der Waals surface area contributed by atoms with Crippen molar-refractivity contribution in [3.8, 4) is 0 Å². The van der Waals surface area contributed by atoms with Crippen molar-refractivity contribution in [3.63, 3.8) is 0 Å². The summed E-state index contributed by atoms with van der Waals surface area (Å²) in [6.45, 7) is 0. The standard InChI is InChI=1S/C2H4IN5/c3-8-2(5)6-1(4)7-8/h(H4,4,5,6,7). The minimum atomic E-state index is 0.205. The van der Waals surface area contributed by atoms with E-state index < -0.39 is 0 Å². The maximum absolute atomic E-state index is 5.24. The molecule has 6 heteroatoms. The molecule has 0 aliphatic rings. The number of aromatic nitrogens is 3. The van der Waals surface area contributed by atoms with Gasteiger partial charge in [0.2, 0.25) is 11.9 Å². The maximum atomic E-state index is 5.24. The van der Waals surface area contributed by atoms with Gasteiger partial charge in [-0.05, 0) is 0 Å². The van der Waals surface area contributed by atoms with E-state index in [0.29, 0.717) is 5.95 Å². The van der Waals surface area contributed by atoms with Crippen LogP contribution in [-0.4, -0.2) is 13.0 Å². The highest BCUT2D eigenvalue weighted by atomic mass is 127. The largest absolute Gasteiger partial charge is 0.367 e. The number of hydrogen-bond donors (Lipinski definition) is 2. The predicted octanol–water partition coefficient (Wildman–Crippen LogP) is -0.359. The average Bonchev–Trinajstić information content (AvgIpc) is 1.85. The fraction of sp³-hybridized carbons (Fsp3) is 0. The Morgan fingerprint density at radius 3 is 2.25 bits per heavy atom. The Balaban J connectivity index is 3.14. The molecule has 1 aromatic rings. The van der Waals surface area contributed by atoms with Gasteiger partial charge in [0.25, 0.3) is 0 Å². The summed E-state index contributed by atoms with van der Waals surface area (Å²) in [5, 5.41) is 3.66. The maximum Gasteiger partial charge on any atom is 0.242 e. The molecule has 8 heavy (non-hydrogen) atoms. The van der Waals surface area contributed by atoms with Crippen LogP contribution in [-0.2, 0) is 0 Å². The van der Waals surface area contributed by atoms with Gasteiger partial charge in [-0.3, -0.25) is 0 Å². The first kappa shape index (κ1) is 5.60. The van der Waals surface area contributed by atoms with Gasteiger partial charge < -0.3 is 11.5 Å². The fourth-order valence-electron chi connectivity index (χ4n) is 0.322. The normalized spacial score (nSPS) is 9.62. The first-order valence-electron chi connectivity index (χ1n) is 1.84. The monoisotopic (exact) mass is 225 g/mol. The lowest BCUT2D eigenvalue weighted by atomic mass is 11.0. The van der Waals surface area contributed by atoms with Gasteiger partial charge in [-0.15, -0.1) is 5.10 Å². The molecule has 0 aromatic carbocycles. The Hall–Kier alpha value is -0.530. The molecule has 4 N–H and O–H groups in total. The molecule has 1 rings (SSSR count). The lowest BCUT2D eigenvalue weighted by Crippen LogP contribution is -1.91. The molecule has 0 amide bonds. The van der Waals surface area contributed by atoms with Crippen molar-refractivity contribution in [1.82, 2.24) is 13.0 Å². The third-order valence-electron chi connectivity index (χ3n) is 0.608. The molecule has 0 fully saturated rings. The summed E-state index contributed by atoms with van der Waals surface area (Å²) in [5.41, 5.74) is 10.4. The van der Waals surface area contributed by atoms with E-state index in [-0.39, 0.29) is 5.95 Å². The fourth-order valence-corrected chi connectivity index (χ4v) is 0.651. The van der Waals surface area contributed by atoms with Crippen LogP contribution in [0.5, 0.6) is 0 Å². The third-order valence-corrected chi connectivity index (χ3v) is 1.32. The van der Waals surface area contributed by atoms with Gasteiger partial charge in [-0.25, -0.2) is 0 Å². The van der Waals surface area contributed by atoms with Crippen molar-refractivity contribution < 1.29 is 0 Å². The molecular formula is C2H4IN5. The Bertz CT molecular complexity index is 173. The summed E-state index contributed by atoms with van der Waals surface area (Å²) in [5.74, 6) is 0.528. The van der Waals surface area contributed by atoms with E-state index in [1.165, 1.54) is 2.90 Å². The van der Waals surface area contributed by atoms with Crippen molar-refractivity contribution in [2.75, 3.05) is 11.5 Å². The Morgan fingerprint density at radius 1 is 1.50 bits per heavy atom. The van der Waals surface area contributed by atoms with Crippen LogP contribution >= 0.6 is 22.9 Å². The van der Waals surface area contributed by atoms with E-state index >= 15 is 0 Å². The third kappa shape index (κ3) is 0.831. The Labute approximate surface area is 59.6 Å². The van der Waals surface area contributed by atoms with Crippen LogP contribution in [0.15, 0.2) is 0 Å².